The lowest BCUT2D eigenvalue weighted by atomic mass is 10.2. The maximum absolute atomic E-state index is 11.8. The molecule has 0 aliphatic heterocycles. The molecule has 0 saturated heterocycles. The molecular formula is C15H14Cl2N2OS. The Hall–Kier alpha value is -1.23. The van der Waals surface area contributed by atoms with E-state index < -0.39 is 0 Å². The minimum Gasteiger partial charge on any atom is -0.351 e. The molecule has 6 heteroatoms. The van der Waals surface area contributed by atoms with Crippen molar-refractivity contribution in [2.75, 3.05) is 12.3 Å². The van der Waals surface area contributed by atoms with E-state index >= 15 is 0 Å². The standard InChI is InChI=1S/C15H14Cl2N2OS/c16-13-4-3-11(8-14(13)17)10-21-7-6-19-15(20)12-2-1-5-18-9-12/h1-5,8-9H,6-7,10H2,(H,19,20). The molecule has 0 atom stereocenters. The van der Waals surface area contributed by atoms with Crippen LogP contribution in [0.1, 0.15) is 15.9 Å². The molecule has 0 radical (unpaired) electrons. The Morgan fingerprint density at radius 2 is 2.10 bits per heavy atom. The Kier molecular flexibility index (Phi) is 6.36. The van der Waals surface area contributed by atoms with Crippen LogP contribution < -0.4 is 5.32 Å². The molecule has 110 valence electrons. The van der Waals surface area contributed by atoms with E-state index in [-0.39, 0.29) is 5.91 Å². The summed E-state index contributed by atoms with van der Waals surface area (Å²) >= 11 is 13.6. The number of halogens is 2. The number of aromatic nitrogens is 1. The van der Waals surface area contributed by atoms with Crippen molar-refractivity contribution in [3.8, 4) is 0 Å². The fraction of sp³-hybridized carbons (Fsp3) is 0.200. The predicted molar refractivity (Wildman–Crippen MR) is 89.2 cm³/mol. The molecule has 0 bridgehead atoms. The third-order valence-corrected chi connectivity index (χ3v) is 4.48. The second kappa shape index (κ2) is 8.27. The molecule has 0 fully saturated rings. The van der Waals surface area contributed by atoms with Crippen molar-refractivity contribution in [2.24, 2.45) is 0 Å². The molecular weight excluding hydrogens is 327 g/mol. The fourth-order valence-corrected chi connectivity index (χ4v) is 2.78. The minimum atomic E-state index is -0.0989. The van der Waals surface area contributed by atoms with E-state index in [1.54, 1.807) is 42.4 Å². The molecule has 1 amide bonds. The summed E-state index contributed by atoms with van der Waals surface area (Å²) in [6, 6.07) is 9.10. The fourth-order valence-electron chi connectivity index (χ4n) is 1.66. The summed E-state index contributed by atoms with van der Waals surface area (Å²) in [5.41, 5.74) is 1.69. The van der Waals surface area contributed by atoms with Crippen LogP contribution in [0.4, 0.5) is 0 Å². The minimum absolute atomic E-state index is 0.0989. The zero-order valence-corrected chi connectivity index (χ0v) is 13.5. The van der Waals surface area contributed by atoms with Crippen LogP contribution in [-0.2, 0) is 5.75 Å². The van der Waals surface area contributed by atoms with Gasteiger partial charge < -0.3 is 5.32 Å². The van der Waals surface area contributed by atoms with Gasteiger partial charge in [0.2, 0.25) is 0 Å². The van der Waals surface area contributed by atoms with Gasteiger partial charge >= 0.3 is 0 Å². The van der Waals surface area contributed by atoms with Gasteiger partial charge in [-0.15, -0.1) is 0 Å². The lowest BCUT2D eigenvalue weighted by Gasteiger charge is -2.06. The van der Waals surface area contributed by atoms with E-state index in [2.05, 4.69) is 10.3 Å². The summed E-state index contributed by atoms with van der Waals surface area (Å²) < 4.78 is 0. The quantitative estimate of drug-likeness (QED) is 0.806. The van der Waals surface area contributed by atoms with Crippen LogP contribution in [0.15, 0.2) is 42.7 Å². The first-order valence-electron chi connectivity index (χ1n) is 6.36. The number of hydrogen-bond donors (Lipinski definition) is 1. The van der Waals surface area contributed by atoms with Gasteiger partial charge in [0, 0.05) is 30.4 Å². The van der Waals surface area contributed by atoms with Crippen LogP contribution >= 0.6 is 35.0 Å². The molecule has 3 nitrogen and oxygen atoms in total. The van der Waals surface area contributed by atoms with Gasteiger partial charge in [-0.1, -0.05) is 29.3 Å². The predicted octanol–water partition coefficient (Wildman–Crippen LogP) is 4.05. The Morgan fingerprint density at radius 1 is 1.24 bits per heavy atom. The van der Waals surface area contributed by atoms with Crippen LogP contribution in [0.5, 0.6) is 0 Å². The van der Waals surface area contributed by atoms with Crippen molar-refractivity contribution in [2.45, 2.75) is 5.75 Å². The van der Waals surface area contributed by atoms with Crippen molar-refractivity contribution in [1.29, 1.82) is 0 Å². The summed E-state index contributed by atoms with van der Waals surface area (Å²) in [5, 5.41) is 3.99. The number of nitrogens with one attached hydrogen (secondary N) is 1. The van der Waals surface area contributed by atoms with Gasteiger partial charge in [-0.25, -0.2) is 0 Å². The van der Waals surface area contributed by atoms with Gasteiger partial charge in [-0.2, -0.15) is 11.8 Å². The SMILES string of the molecule is O=C(NCCSCc1ccc(Cl)c(Cl)c1)c1cccnc1. The van der Waals surface area contributed by atoms with Gasteiger partial charge in [-0.3, -0.25) is 9.78 Å². The maximum Gasteiger partial charge on any atom is 0.252 e. The number of amides is 1. The number of pyridine rings is 1. The molecule has 21 heavy (non-hydrogen) atoms. The van der Waals surface area contributed by atoms with E-state index in [9.17, 15) is 4.79 Å². The highest BCUT2D eigenvalue weighted by molar-refractivity contribution is 7.98. The summed E-state index contributed by atoms with van der Waals surface area (Å²) in [6.45, 7) is 0.611. The van der Waals surface area contributed by atoms with Crippen LogP contribution in [0, 0.1) is 0 Å². The number of carbonyl (C=O) groups excluding carboxylic acids is 1. The molecule has 0 saturated carbocycles. The van der Waals surface area contributed by atoms with Gasteiger partial charge in [0.25, 0.3) is 5.91 Å². The van der Waals surface area contributed by atoms with Crippen molar-refractivity contribution in [3.63, 3.8) is 0 Å². The van der Waals surface area contributed by atoms with Crippen LogP contribution in [0.25, 0.3) is 0 Å². The monoisotopic (exact) mass is 340 g/mol. The second-order valence-electron chi connectivity index (χ2n) is 4.30. The van der Waals surface area contributed by atoms with E-state index in [0.717, 1.165) is 17.1 Å². The Morgan fingerprint density at radius 3 is 2.81 bits per heavy atom. The molecule has 0 unspecified atom stereocenters. The van der Waals surface area contributed by atoms with E-state index in [0.29, 0.717) is 22.2 Å². The Labute approximate surface area is 138 Å². The second-order valence-corrected chi connectivity index (χ2v) is 6.22. The highest BCUT2D eigenvalue weighted by atomic mass is 35.5. The zero-order chi connectivity index (χ0) is 15.1. The third-order valence-electron chi connectivity index (χ3n) is 2.71. The number of benzene rings is 1. The number of nitrogens with zero attached hydrogens (tertiary/aromatic N) is 1. The van der Waals surface area contributed by atoms with E-state index in [1.165, 1.54) is 0 Å². The number of carbonyl (C=O) groups is 1. The molecule has 0 aliphatic rings. The topological polar surface area (TPSA) is 42.0 Å². The van der Waals surface area contributed by atoms with Crippen LogP contribution in [0.2, 0.25) is 10.0 Å². The number of thioether (sulfide) groups is 1. The van der Waals surface area contributed by atoms with E-state index in [1.807, 2.05) is 12.1 Å². The molecule has 2 aromatic rings. The average molecular weight is 341 g/mol. The maximum atomic E-state index is 11.8. The van der Waals surface area contributed by atoms with Gasteiger partial charge in [-0.05, 0) is 29.8 Å². The number of rotatable bonds is 6. The number of hydrogen-bond acceptors (Lipinski definition) is 3. The highest BCUT2D eigenvalue weighted by Gasteiger charge is 2.04. The first kappa shape index (κ1) is 16.1. The molecule has 1 N–H and O–H groups in total. The molecule has 1 aromatic heterocycles. The Balaban J connectivity index is 1.68. The molecule has 0 spiro atoms. The van der Waals surface area contributed by atoms with Crippen molar-refractivity contribution >= 4 is 40.9 Å². The van der Waals surface area contributed by atoms with Gasteiger partial charge in [0.05, 0.1) is 15.6 Å². The lowest BCUT2D eigenvalue weighted by Crippen LogP contribution is -2.25. The van der Waals surface area contributed by atoms with Crippen LogP contribution in [-0.4, -0.2) is 23.2 Å². The smallest absolute Gasteiger partial charge is 0.252 e. The largest absolute Gasteiger partial charge is 0.351 e. The normalized spacial score (nSPS) is 10.4. The first-order valence-corrected chi connectivity index (χ1v) is 8.28. The lowest BCUT2D eigenvalue weighted by molar-refractivity contribution is 0.0956. The summed E-state index contributed by atoms with van der Waals surface area (Å²) in [4.78, 5) is 15.7. The summed E-state index contributed by atoms with van der Waals surface area (Å²) in [5.74, 6) is 1.56. The zero-order valence-electron chi connectivity index (χ0n) is 11.2. The van der Waals surface area contributed by atoms with Gasteiger partial charge in [0.1, 0.15) is 0 Å². The summed E-state index contributed by atoms with van der Waals surface area (Å²) in [6.07, 6.45) is 3.20. The van der Waals surface area contributed by atoms with Crippen LogP contribution in [0.3, 0.4) is 0 Å². The molecule has 1 aromatic carbocycles. The van der Waals surface area contributed by atoms with Crippen molar-refractivity contribution in [1.82, 2.24) is 10.3 Å². The molecule has 2 rings (SSSR count). The average Bonchev–Trinajstić information content (AvgIpc) is 2.51. The third kappa shape index (κ3) is 5.23. The molecule has 1 heterocycles. The Bertz CT molecular complexity index is 608. The summed E-state index contributed by atoms with van der Waals surface area (Å²) in [7, 11) is 0. The van der Waals surface area contributed by atoms with Crippen molar-refractivity contribution < 1.29 is 4.79 Å². The first-order chi connectivity index (χ1) is 10.2. The van der Waals surface area contributed by atoms with Crippen molar-refractivity contribution in [3.05, 3.63) is 63.9 Å². The highest BCUT2D eigenvalue weighted by Crippen LogP contribution is 2.24. The van der Waals surface area contributed by atoms with E-state index in [4.69, 9.17) is 23.2 Å². The molecule has 0 aliphatic carbocycles. The van der Waals surface area contributed by atoms with Gasteiger partial charge in [0.15, 0.2) is 0 Å².